The highest BCUT2D eigenvalue weighted by atomic mass is 15.1. The van der Waals surface area contributed by atoms with Crippen molar-refractivity contribution in [3.05, 3.63) is 28.8 Å². The van der Waals surface area contributed by atoms with Gasteiger partial charge in [-0.2, -0.15) is 0 Å². The van der Waals surface area contributed by atoms with Crippen molar-refractivity contribution < 1.29 is 0 Å². The number of hydrogen-bond donors (Lipinski definition) is 2. The van der Waals surface area contributed by atoms with Gasteiger partial charge in [-0.05, 0) is 37.5 Å². The number of aliphatic imine (C=N–C) groups is 1. The van der Waals surface area contributed by atoms with E-state index in [9.17, 15) is 0 Å². The van der Waals surface area contributed by atoms with E-state index >= 15 is 0 Å². The minimum atomic E-state index is 0.797. The molecule has 86 valence electrons. The van der Waals surface area contributed by atoms with E-state index in [0.29, 0.717) is 0 Å². The Morgan fingerprint density at radius 2 is 2.00 bits per heavy atom. The van der Waals surface area contributed by atoms with Crippen molar-refractivity contribution in [3.8, 4) is 0 Å². The Morgan fingerprint density at radius 3 is 2.69 bits per heavy atom. The van der Waals surface area contributed by atoms with Gasteiger partial charge in [0.15, 0.2) is 0 Å². The molecule has 1 aromatic carbocycles. The molecule has 1 aliphatic heterocycles. The highest BCUT2D eigenvalue weighted by molar-refractivity contribution is 5.87. The average molecular weight is 217 g/mol. The molecule has 0 spiro atoms. The molecule has 0 unspecified atom stereocenters. The summed E-state index contributed by atoms with van der Waals surface area (Å²) in [7, 11) is 0. The average Bonchev–Trinajstić information content (AvgIpc) is 2.77. The SMILES string of the molecule is Cc1ccc(C)c(NCC2=NCCN2)c1C. The minimum Gasteiger partial charge on any atom is -0.377 e. The van der Waals surface area contributed by atoms with E-state index < -0.39 is 0 Å². The normalized spacial score (nSPS) is 14.6. The highest BCUT2D eigenvalue weighted by Crippen LogP contribution is 2.22. The molecular weight excluding hydrogens is 198 g/mol. The fourth-order valence-electron chi connectivity index (χ4n) is 1.96. The summed E-state index contributed by atoms with van der Waals surface area (Å²) in [6.07, 6.45) is 0. The van der Waals surface area contributed by atoms with Gasteiger partial charge >= 0.3 is 0 Å². The lowest BCUT2D eigenvalue weighted by atomic mass is 10.0. The standard InChI is InChI=1S/C13H19N3/c1-9-4-5-10(2)13(11(9)3)16-8-12-14-6-7-15-12/h4-5,16H,6-8H2,1-3H3,(H,14,15). The summed E-state index contributed by atoms with van der Waals surface area (Å²) in [6, 6.07) is 4.33. The number of amidine groups is 1. The fraction of sp³-hybridized carbons (Fsp3) is 0.462. The number of nitrogens with one attached hydrogen (secondary N) is 2. The second-order valence-corrected chi connectivity index (χ2v) is 4.31. The van der Waals surface area contributed by atoms with Crippen LogP contribution in [-0.2, 0) is 0 Å². The van der Waals surface area contributed by atoms with Gasteiger partial charge in [-0.25, -0.2) is 0 Å². The van der Waals surface area contributed by atoms with E-state index in [1.54, 1.807) is 0 Å². The molecule has 3 nitrogen and oxygen atoms in total. The summed E-state index contributed by atoms with van der Waals surface area (Å²) in [5.74, 6) is 1.07. The third-order valence-electron chi connectivity index (χ3n) is 3.12. The maximum absolute atomic E-state index is 4.38. The Hall–Kier alpha value is -1.51. The molecule has 16 heavy (non-hydrogen) atoms. The van der Waals surface area contributed by atoms with Gasteiger partial charge in [0.2, 0.25) is 0 Å². The molecule has 0 fully saturated rings. The first-order valence-electron chi connectivity index (χ1n) is 5.76. The van der Waals surface area contributed by atoms with Gasteiger partial charge in [0, 0.05) is 12.2 Å². The second-order valence-electron chi connectivity index (χ2n) is 4.31. The number of hydrogen-bond acceptors (Lipinski definition) is 3. The van der Waals surface area contributed by atoms with Crippen LogP contribution in [0.2, 0.25) is 0 Å². The zero-order chi connectivity index (χ0) is 11.5. The van der Waals surface area contributed by atoms with E-state index in [4.69, 9.17) is 0 Å². The van der Waals surface area contributed by atoms with Crippen LogP contribution in [-0.4, -0.2) is 25.5 Å². The third-order valence-corrected chi connectivity index (χ3v) is 3.12. The van der Waals surface area contributed by atoms with Crippen LogP contribution >= 0.6 is 0 Å². The molecule has 0 bridgehead atoms. The van der Waals surface area contributed by atoms with Crippen molar-refractivity contribution in [2.75, 3.05) is 25.0 Å². The quantitative estimate of drug-likeness (QED) is 0.812. The van der Waals surface area contributed by atoms with Crippen LogP contribution in [0.15, 0.2) is 17.1 Å². The first-order chi connectivity index (χ1) is 7.68. The van der Waals surface area contributed by atoms with Crippen LogP contribution < -0.4 is 10.6 Å². The van der Waals surface area contributed by atoms with Crippen LogP contribution in [0.1, 0.15) is 16.7 Å². The summed E-state index contributed by atoms with van der Waals surface area (Å²) in [5.41, 5.74) is 5.20. The topological polar surface area (TPSA) is 36.4 Å². The molecule has 0 atom stereocenters. The van der Waals surface area contributed by atoms with Crippen molar-refractivity contribution in [2.45, 2.75) is 20.8 Å². The van der Waals surface area contributed by atoms with Crippen molar-refractivity contribution >= 4 is 11.5 Å². The summed E-state index contributed by atoms with van der Waals surface area (Å²) in [5, 5.41) is 6.74. The van der Waals surface area contributed by atoms with Gasteiger partial charge < -0.3 is 10.6 Å². The summed E-state index contributed by atoms with van der Waals surface area (Å²) < 4.78 is 0. The van der Waals surface area contributed by atoms with Crippen LogP contribution in [0, 0.1) is 20.8 Å². The largest absolute Gasteiger partial charge is 0.377 e. The Kier molecular flexibility index (Phi) is 3.13. The van der Waals surface area contributed by atoms with Crippen LogP contribution in [0.25, 0.3) is 0 Å². The van der Waals surface area contributed by atoms with Gasteiger partial charge in [0.05, 0.1) is 13.1 Å². The maximum atomic E-state index is 4.38. The van der Waals surface area contributed by atoms with Crippen molar-refractivity contribution in [1.82, 2.24) is 5.32 Å². The lowest BCUT2D eigenvalue weighted by Gasteiger charge is -2.14. The van der Waals surface area contributed by atoms with E-state index in [-0.39, 0.29) is 0 Å². The first-order valence-corrected chi connectivity index (χ1v) is 5.76. The third kappa shape index (κ3) is 2.18. The number of rotatable bonds is 3. The second kappa shape index (κ2) is 4.56. The Bertz CT molecular complexity index is 421. The molecule has 1 aromatic rings. The van der Waals surface area contributed by atoms with Crippen molar-refractivity contribution in [3.63, 3.8) is 0 Å². The van der Waals surface area contributed by atoms with Gasteiger partial charge in [-0.1, -0.05) is 12.1 Å². The Morgan fingerprint density at radius 1 is 1.25 bits per heavy atom. The molecule has 0 aromatic heterocycles. The molecular formula is C13H19N3. The molecule has 2 rings (SSSR count). The van der Waals surface area contributed by atoms with E-state index in [2.05, 4.69) is 48.5 Å². The number of anilines is 1. The van der Waals surface area contributed by atoms with Gasteiger partial charge in [-0.3, -0.25) is 4.99 Å². The number of benzene rings is 1. The summed E-state index contributed by atoms with van der Waals surface area (Å²) >= 11 is 0. The Balaban J connectivity index is 2.11. The van der Waals surface area contributed by atoms with E-state index in [1.807, 2.05) is 0 Å². The van der Waals surface area contributed by atoms with Crippen LogP contribution in [0.3, 0.4) is 0 Å². The highest BCUT2D eigenvalue weighted by Gasteiger charge is 2.08. The predicted molar refractivity (Wildman–Crippen MR) is 69.4 cm³/mol. The summed E-state index contributed by atoms with van der Waals surface area (Å²) in [6.45, 7) is 9.12. The van der Waals surface area contributed by atoms with Crippen molar-refractivity contribution in [1.29, 1.82) is 0 Å². The molecule has 0 saturated heterocycles. The lowest BCUT2D eigenvalue weighted by molar-refractivity contribution is 0.955. The smallest absolute Gasteiger partial charge is 0.116 e. The molecule has 1 heterocycles. The molecule has 0 amide bonds. The monoisotopic (exact) mass is 217 g/mol. The van der Waals surface area contributed by atoms with Crippen LogP contribution in [0.4, 0.5) is 5.69 Å². The van der Waals surface area contributed by atoms with Gasteiger partial charge in [0.25, 0.3) is 0 Å². The maximum Gasteiger partial charge on any atom is 0.116 e. The fourth-order valence-corrected chi connectivity index (χ4v) is 1.96. The molecule has 2 N–H and O–H groups in total. The molecule has 3 heteroatoms. The zero-order valence-electron chi connectivity index (χ0n) is 10.2. The van der Waals surface area contributed by atoms with Gasteiger partial charge in [0.1, 0.15) is 5.84 Å². The Labute approximate surface area is 97.0 Å². The number of aryl methyl sites for hydroxylation is 2. The predicted octanol–water partition coefficient (Wildman–Crippen LogP) is 2.03. The molecule has 1 aliphatic rings. The van der Waals surface area contributed by atoms with E-state index in [1.165, 1.54) is 22.4 Å². The minimum absolute atomic E-state index is 0.797. The molecule has 0 saturated carbocycles. The molecule has 0 aliphatic carbocycles. The lowest BCUT2D eigenvalue weighted by Crippen LogP contribution is -2.26. The van der Waals surface area contributed by atoms with Crippen molar-refractivity contribution in [2.24, 2.45) is 4.99 Å². The summed E-state index contributed by atoms with van der Waals surface area (Å²) in [4.78, 5) is 4.38. The number of nitrogens with zero attached hydrogens (tertiary/aromatic N) is 1. The molecule has 0 radical (unpaired) electrons. The van der Waals surface area contributed by atoms with E-state index in [0.717, 1.165) is 25.5 Å². The van der Waals surface area contributed by atoms with Gasteiger partial charge in [-0.15, -0.1) is 0 Å². The zero-order valence-corrected chi connectivity index (χ0v) is 10.2. The van der Waals surface area contributed by atoms with Crippen LogP contribution in [0.5, 0.6) is 0 Å². The first kappa shape index (κ1) is 11.0.